The second-order valence-corrected chi connectivity index (χ2v) is 8.37. The van der Waals surface area contributed by atoms with E-state index in [-0.39, 0.29) is 5.97 Å². The predicted molar refractivity (Wildman–Crippen MR) is 117 cm³/mol. The second kappa shape index (κ2) is 9.16. The van der Waals surface area contributed by atoms with Crippen molar-refractivity contribution < 1.29 is 19.1 Å². The van der Waals surface area contributed by atoms with E-state index in [0.29, 0.717) is 6.54 Å². The van der Waals surface area contributed by atoms with Crippen LogP contribution < -0.4 is 0 Å². The molecule has 5 heteroatoms. The van der Waals surface area contributed by atoms with Crippen molar-refractivity contribution in [2.75, 3.05) is 13.7 Å². The number of methoxy groups -OCH3 is 1. The van der Waals surface area contributed by atoms with Crippen molar-refractivity contribution in [3.05, 3.63) is 72.3 Å². The number of hydrogen-bond acceptors (Lipinski definition) is 4. The molecule has 1 aliphatic rings. The minimum Gasteiger partial charge on any atom is -0.468 e. The molecule has 0 radical (unpaired) electrons. The molecular weight excluding hydrogens is 378 g/mol. The molecule has 1 heterocycles. The van der Waals surface area contributed by atoms with Gasteiger partial charge in [-0.15, -0.1) is 0 Å². The van der Waals surface area contributed by atoms with Gasteiger partial charge in [0.15, 0.2) is 0 Å². The first-order valence-electron chi connectivity index (χ1n) is 10.2. The van der Waals surface area contributed by atoms with E-state index in [1.165, 1.54) is 7.11 Å². The Morgan fingerprint density at radius 3 is 2.23 bits per heavy atom. The summed E-state index contributed by atoms with van der Waals surface area (Å²) in [5, 5.41) is 0. The standard InChI is InChI=1S/C25H29NO4/c1-25(2,3)30-24(28)26-17-9-8-12-21(26)22(23(27)29-4)20-15-13-19(14-16-20)18-10-6-5-7-11-18/h5-8,10-16,21-22H,9,17H2,1-4H3/t21-,22+/m1/s1. The molecule has 0 N–H and O–H groups in total. The highest BCUT2D eigenvalue weighted by molar-refractivity contribution is 5.81. The number of carbonyl (C=O) groups is 2. The van der Waals surface area contributed by atoms with Gasteiger partial charge in [-0.25, -0.2) is 4.79 Å². The molecule has 0 fully saturated rings. The normalized spacial score (nSPS) is 17.3. The number of hydrogen-bond donors (Lipinski definition) is 0. The molecule has 0 saturated heterocycles. The van der Waals surface area contributed by atoms with Gasteiger partial charge in [0, 0.05) is 6.54 Å². The molecule has 30 heavy (non-hydrogen) atoms. The number of esters is 1. The van der Waals surface area contributed by atoms with Gasteiger partial charge in [-0.2, -0.15) is 0 Å². The lowest BCUT2D eigenvalue weighted by atomic mass is 9.87. The molecule has 0 unspecified atom stereocenters. The molecule has 0 aromatic heterocycles. The van der Waals surface area contributed by atoms with E-state index >= 15 is 0 Å². The van der Waals surface area contributed by atoms with Gasteiger partial charge in [0.25, 0.3) is 0 Å². The van der Waals surface area contributed by atoms with Crippen LogP contribution in [0.25, 0.3) is 11.1 Å². The van der Waals surface area contributed by atoms with Crippen LogP contribution in [-0.4, -0.2) is 42.3 Å². The molecule has 0 spiro atoms. The minimum absolute atomic E-state index is 0.382. The Hall–Kier alpha value is -3.08. The SMILES string of the molecule is COC(=O)[C@@H](c1ccc(-c2ccccc2)cc1)[C@H]1C=CCCN1C(=O)OC(C)(C)C. The Labute approximate surface area is 178 Å². The Morgan fingerprint density at radius 1 is 1.00 bits per heavy atom. The maximum absolute atomic E-state index is 12.8. The lowest BCUT2D eigenvalue weighted by molar-refractivity contribution is -0.143. The van der Waals surface area contributed by atoms with Crippen LogP contribution >= 0.6 is 0 Å². The molecule has 158 valence electrons. The maximum atomic E-state index is 12.8. The maximum Gasteiger partial charge on any atom is 0.410 e. The average molecular weight is 408 g/mol. The van der Waals surface area contributed by atoms with Crippen LogP contribution in [0.3, 0.4) is 0 Å². The number of amides is 1. The Morgan fingerprint density at radius 2 is 1.63 bits per heavy atom. The van der Waals surface area contributed by atoms with Crippen LogP contribution in [0.5, 0.6) is 0 Å². The van der Waals surface area contributed by atoms with Crippen LogP contribution in [-0.2, 0) is 14.3 Å². The fraction of sp³-hybridized carbons (Fsp3) is 0.360. The summed E-state index contributed by atoms with van der Waals surface area (Å²) < 4.78 is 10.7. The zero-order valence-corrected chi connectivity index (χ0v) is 18.0. The molecule has 0 saturated carbocycles. The van der Waals surface area contributed by atoms with Gasteiger partial charge >= 0.3 is 12.1 Å². The van der Waals surface area contributed by atoms with Gasteiger partial charge in [-0.3, -0.25) is 4.79 Å². The summed E-state index contributed by atoms with van der Waals surface area (Å²) in [6.45, 7) is 5.99. The number of ether oxygens (including phenoxy) is 2. The van der Waals surface area contributed by atoms with Crippen LogP contribution in [0, 0.1) is 0 Å². The number of benzene rings is 2. The second-order valence-electron chi connectivity index (χ2n) is 8.37. The monoisotopic (exact) mass is 407 g/mol. The summed E-state index contributed by atoms with van der Waals surface area (Å²) in [7, 11) is 1.37. The van der Waals surface area contributed by atoms with Crippen LogP contribution in [0.1, 0.15) is 38.7 Å². The van der Waals surface area contributed by atoms with E-state index in [1.54, 1.807) is 4.90 Å². The van der Waals surface area contributed by atoms with Gasteiger partial charge in [-0.1, -0.05) is 66.7 Å². The van der Waals surface area contributed by atoms with Crippen molar-refractivity contribution in [3.8, 4) is 11.1 Å². The van der Waals surface area contributed by atoms with Gasteiger partial charge in [0.2, 0.25) is 0 Å². The van der Waals surface area contributed by atoms with Crippen LogP contribution in [0.2, 0.25) is 0 Å². The van der Waals surface area contributed by atoms with Gasteiger partial charge in [0.1, 0.15) is 11.5 Å². The quantitative estimate of drug-likeness (QED) is 0.518. The Kier molecular flexibility index (Phi) is 6.60. The fourth-order valence-electron chi connectivity index (χ4n) is 3.64. The summed E-state index contributed by atoms with van der Waals surface area (Å²) in [5.74, 6) is -1.02. The Bertz CT molecular complexity index is 897. The minimum atomic E-state index is -0.635. The number of carbonyl (C=O) groups excluding carboxylic acids is 2. The van der Waals surface area contributed by atoms with Gasteiger partial charge in [-0.05, 0) is 43.9 Å². The first-order chi connectivity index (χ1) is 14.3. The molecule has 2 aromatic carbocycles. The summed E-state index contributed by atoms with van der Waals surface area (Å²) in [6, 6.07) is 17.4. The highest BCUT2D eigenvalue weighted by atomic mass is 16.6. The molecule has 5 nitrogen and oxygen atoms in total. The third-order valence-electron chi connectivity index (χ3n) is 5.03. The van der Waals surface area contributed by atoms with Crippen molar-refractivity contribution >= 4 is 12.1 Å². The molecule has 1 amide bonds. The largest absolute Gasteiger partial charge is 0.468 e. The van der Waals surface area contributed by atoms with Crippen molar-refractivity contribution in [3.63, 3.8) is 0 Å². The lowest BCUT2D eigenvalue weighted by Gasteiger charge is -2.37. The van der Waals surface area contributed by atoms with Crippen LogP contribution in [0.15, 0.2) is 66.7 Å². The summed E-state index contributed by atoms with van der Waals surface area (Å²) >= 11 is 0. The average Bonchev–Trinajstić information content (AvgIpc) is 2.74. The molecule has 1 aliphatic heterocycles. The van der Waals surface area contributed by atoms with Crippen molar-refractivity contribution in [2.45, 2.75) is 44.8 Å². The third-order valence-corrected chi connectivity index (χ3v) is 5.03. The van der Waals surface area contributed by atoms with E-state index in [9.17, 15) is 9.59 Å². The third kappa shape index (κ3) is 5.09. The van der Waals surface area contributed by atoms with Crippen molar-refractivity contribution in [1.82, 2.24) is 4.90 Å². The topological polar surface area (TPSA) is 55.8 Å². The zero-order chi connectivity index (χ0) is 21.7. The van der Waals surface area contributed by atoms with E-state index in [0.717, 1.165) is 23.1 Å². The van der Waals surface area contributed by atoms with Gasteiger partial charge in [0.05, 0.1) is 13.2 Å². The molecule has 0 aliphatic carbocycles. The lowest BCUT2D eigenvalue weighted by Crippen LogP contribution is -2.48. The highest BCUT2D eigenvalue weighted by Gasteiger charge is 2.38. The van der Waals surface area contributed by atoms with E-state index in [2.05, 4.69) is 0 Å². The number of nitrogens with zero attached hydrogens (tertiary/aromatic N) is 1. The molecular formula is C25H29NO4. The molecule has 2 atom stereocenters. The van der Waals surface area contributed by atoms with E-state index in [4.69, 9.17) is 9.47 Å². The summed E-state index contributed by atoms with van der Waals surface area (Å²) in [5.41, 5.74) is 2.35. The van der Waals surface area contributed by atoms with Crippen molar-refractivity contribution in [1.29, 1.82) is 0 Å². The summed E-state index contributed by atoms with van der Waals surface area (Å²) in [4.78, 5) is 27.2. The molecule has 2 aromatic rings. The van der Waals surface area contributed by atoms with Crippen LogP contribution in [0.4, 0.5) is 4.79 Å². The zero-order valence-electron chi connectivity index (χ0n) is 18.0. The smallest absolute Gasteiger partial charge is 0.410 e. The van der Waals surface area contributed by atoms with E-state index in [1.807, 2.05) is 87.5 Å². The number of rotatable bonds is 4. The first-order valence-corrected chi connectivity index (χ1v) is 10.2. The summed E-state index contributed by atoms with van der Waals surface area (Å²) in [6.07, 6.45) is 4.20. The molecule has 3 rings (SSSR count). The fourth-order valence-corrected chi connectivity index (χ4v) is 3.64. The molecule has 0 bridgehead atoms. The first kappa shape index (κ1) is 21.6. The van der Waals surface area contributed by atoms with Crippen molar-refractivity contribution in [2.24, 2.45) is 0 Å². The Balaban J connectivity index is 1.93. The van der Waals surface area contributed by atoms with Gasteiger partial charge < -0.3 is 14.4 Å². The highest BCUT2D eigenvalue weighted by Crippen LogP contribution is 2.31. The predicted octanol–water partition coefficient (Wildman–Crippen LogP) is 5.18. The van der Waals surface area contributed by atoms with E-state index < -0.39 is 23.7 Å².